The number of fused-ring (bicyclic) bond motifs is 13. The Labute approximate surface area is 460 Å². The predicted octanol–water partition coefficient (Wildman–Crippen LogP) is 22.7. The maximum absolute atomic E-state index is 2.56. The van der Waals surface area contributed by atoms with E-state index in [1.165, 1.54) is 196 Å². The molecule has 0 aliphatic heterocycles. The van der Waals surface area contributed by atoms with E-state index >= 15 is 0 Å². The Kier molecular flexibility index (Phi) is 8.34. The summed E-state index contributed by atoms with van der Waals surface area (Å²) in [6, 6.07) is 101. The van der Waals surface area contributed by atoms with Crippen molar-refractivity contribution in [1.82, 2.24) is 0 Å². The van der Waals surface area contributed by atoms with Gasteiger partial charge in [-0.05, 0) is 209 Å². The van der Waals surface area contributed by atoms with Crippen molar-refractivity contribution in [2.45, 2.75) is 0 Å². The van der Waals surface area contributed by atoms with E-state index in [1.54, 1.807) is 0 Å². The Morgan fingerprint density at radius 2 is 0.438 bits per heavy atom. The van der Waals surface area contributed by atoms with Gasteiger partial charge in [-0.3, -0.25) is 0 Å². The molecule has 0 N–H and O–H groups in total. The largest absolute Gasteiger partial charge is 0.0622 e. The molecule has 0 bridgehead atoms. The molecule has 0 saturated heterocycles. The SMILES string of the molecule is c1ccc(-c2c3c(c(-c4ccccc4)c4ccccc24)-c2ccc4c5ccc6c7c(-c8ccccc8)c8cc9c(cc8c(-c8ccccc8)c7c7ccc(c8ccc-3c2c84)c5c76)c2cccc3c(-c4ccccc4)ccc9c32)cc1. The van der Waals surface area contributed by atoms with E-state index in [4.69, 9.17) is 0 Å². The van der Waals surface area contributed by atoms with Crippen LogP contribution in [-0.2, 0) is 0 Å². The van der Waals surface area contributed by atoms with Crippen molar-refractivity contribution in [3.8, 4) is 77.9 Å². The minimum Gasteiger partial charge on any atom is -0.0622 e. The molecule has 0 unspecified atom stereocenters. The Morgan fingerprint density at radius 1 is 0.125 bits per heavy atom. The molecule has 0 spiro atoms. The van der Waals surface area contributed by atoms with Crippen LogP contribution in [-0.4, -0.2) is 0 Å². The predicted molar refractivity (Wildman–Crippen MR) is 344 cm³/mol. The number of hydrogen-bond donors (Lipinski definition) is 0. The summed E-state index contributed by atoms with van der Waals surface area (Å²) in [6.45, 7) is 0. The summed E-state index contributed by atoms with van der Waals surface area (Å²) in [4.78, 5) is 0. The van der Waals surface area contributed by atoms with Crippen LogP contribution in [0.4, 0.5) is 0 Å². The summed E-state index contributed by atoms with van der Waals surface area (Å²) in [5.41, 5.74) is 18.0. The molecular formula is C80H44. The van der Waals surface area contributed by atoms with Gasteiger partial charge in [0.2, 0.25) is 0 Å². The molecule has 0 nitrogen and oxygen atoms in total. The summed E-state index contributed by atoms with van der Waals surface area (Å²) in [5.74, 6) is 0. The van der Waals surface area contributed by atoms with Crippen LogP contribution in [0.15, 0.2) is 267 Å². The van der Waals surface area contributed by atoms with Gasteiger partial charge in [-0.25, -0.2) is 0 Å². The van der Waals surface area contributed by atoms with Crippen molar-refractivity contribution < 1.29 is 0 Å². The van der Waals surface area contributed by atoms with Crippen molar-refractivity contribution >= 4 is 118 Å². The fourth-order valence-corrected chi connectivity index (χ4v) is 15.6. The average molecular weight is 1010 g/mol. The Hall–Kier alpha value is -10.4. The summed E-state index contributed by atoms with van der Waals surface area (Å²) < 4.78 is 0. The number of benzene rings is 16. The molecule has 18 aromatic rings. The lowest BCUT2D eigenvalue weighted by Crippen LogP contribution is -1.93. The van der Waals surface area contributed by atoms with E-state index in [9.17, 15) is 0 Å². The standard InChI is InChI=1S/C80H44/c1-6-19-45(20-7-1)50-33-34-59-65-44-67-66(43-64(65)54-32-18-31-51(50)72(54)59)70(48-25-12-4-13-26-48)79-62-41-37-57-55-35-39-60-75-61(40-36-56(73(55)75)58-38-42-63(76(62)74(57)58)80(79)71(67)49-27-14-5-15-28-49)78-69(47-23-10-3-11-24-47)53-30-17-16-29-52(53)68(77(60)78)46-21-8-2-9-22-46/h1-44H. The van der Waals surface area contributed by atoms with Gasteiger partial charge in [0.15, 0.2) is 0 Å². The highest BCUT2D eigenvalue weighted by molar-refractivity contribution is 6.48. The van der Waals surface area contributed by atoms with Gasteiger partial charge in [-0.1, -0.05) is 255 Å². The topological polar surface area (TPSA) is 0 Å². The second-order valence-electron chi connectivity index (χ2n) is 22.4. The second kappa shape index (κ2) is 15.6. The van der Waals surface area contributed by atoms with Gasteiger partial charge in [0, 0.05) is 0 Å². The molecule has 0 saturated carbocycles. The third-order valence-corrected chi connectivity index (χ3v) is 18.6. The van der Waals surface area contributed by atoms with Gasteiger partial charge in [0.1, 0.15) is 0 Å². The molecule has 0 radical (unpaired) electrons. The van der Waals surface area contributed by atoms with Crippen LogP contribution in [0.5, 0.6) is 0 Å². The van der Waals surface area contributed by atoms with Crippen LogP contribution >= 0.6 is 0 Å². The van der Waals surface area contributed by atoms with Gasteiger partial charge in [0.05, 0.1) is 0 Å². The fourth-order valence-electron chi connectivity index (χ4n) is 15.6. The maximum atomic E-state index is 2.56. The van der Waals surface area contributed by atoms with E-state index < -0.39 is 0 Å². The number of hydrogen-bond acceptors (Lipinski definition) is 0. The maximum Gasteiger partial charge on any atom is -0.000740 e. The third kappa shape index (κ3) is 5.40. The lowest BCUT2D eigenvalue weighted by Gasteiger charge is -2.20. The zero-order chi connectivity index (χ0) is 51.9. The second-order valence-corrected chi connectivity index (χ2v) is 22.4. The first-order chi connectivity index (χ1) is 39.8. The van der Waals surface area contributed by atoms with Crippen molar-refractivity contribution in [1.29, 1.82) is 0 Å². The smallest absolute Gasteiger partial charge is 0.000740 e. The van der Waals surface area contributed by atoms with E-state index in [0.29, 0.717) is 0 Å². The molecule has 0 heteroatoms. The minimum absolute atomic E-state index is 1.23. The van der Waals surface area contributed by atoms with Gasteiger partial charge >= 0.3 is 0 Å². The molecule has 0 aromatic heterocycles. The van der Waals surface area contributed by atoms with E-state index in [1.807, 2.05) is 0 Å². The zero-order valence-corrected chi connectivity index (χ0v) is 43.4. The lowest BCUT2D eigenvalue weighted by molar-refractivity contribution is 1.62. The molecule has 0 amide bonds. The van der Waals surface area contributed by atoms with Gasteiger partial charge in [0.25, 0.3) is 0 Å². The lowest BCUT2D eigenvalue weighted by atomic mass is 9.82. The molecule has 0 atom stereocenters. The summed E-state index contributed by atoms with van der Waals surface area (Å²) in [5, 5.41) is 28.9. The minimum atomic E-state index is 1.23. The van der Waals surface area contributed by atoms with Crippen LogP contribution in [0.1, 0.15) is 0 Å². The van der Waals surface area contributed by atoms with Crippen LogP contribution in [0.2, 0.25) is 0 Å². The molecule has 364 valence electrons. The molecule has 1 aliphatic carbocycles. The molecule has 80 heavy (non-hydrogen) atoms. The van der Waals surface area contributed by atoms with E-state index in [-0.39, 0.29) is 0 Å². The molecular weight excluding hydrogens is 961 g/mol. The third-order valence-electron chi connectivity index (χ3n) is 18.6. The Bertz CT molecular complexity index is 5360. The molecule has 0 heterocycles. The highest BCUT2D eigenvalue weighted by Gasteiger charge is 2.33. The van der Waals surface area contributed by atoms with Crippen LogP contribution in [0, 0.1) is 0 Å². The van der Waals surface area contributed by atoms with E-state index in [0.717, 1.165) is 0 Å². The van der Waals surface area contributed by atoms with Crippen LogP contribution in [0.25, 0.3) is 196 Å². The summed E-state index contributed by atoms with van der Waals surface area (Å²) in [6.07, 6.45) is 0. The Morgan fingerprint density at radius 3 is 0.900 bits per heavy atom. The van der Waals surface area contributed by atoms with Crippen molar-refractivity contribution in [3.05, 3.63) is 267 Å². The number of rotatable bonds is 5. The first-order valence-electron chi connectivity index (χ1n) is 28.1. The van der Waals surface area contributed by atoms with Gasteiger partial charge in [-0.2, -0.15) is 0 Å². The van der Waals surface area contributed by atoms with Crippen molar-refractivity contribution in [2.24, 2.45) is 0 Å². The fraction of sp³-hybridized carbons (Fsp3) is 0. The first-order valence-corrected chi connectivity index (χ1v) is 28.1. The van der Waals surface area contributed by atoms with Crippen molar-refractivity contribution in [3.63, 3.8) is 0 Å². The molecule has 1 aliphatic rings. The van der Waals surface area contributed by atoms with E-state index in [2.05, 4.69) is 267 Å². The molecule has 18 aromatic carbocycles. The molecule has 19 rings (SSSR count). The first kappa shape index (κ1) is 42.7. The summed E-state index contributed by atoms with van der Waals surface area (Å²) >= 11 is 0. The van der Waals surface area contributed by atoms with Crippen molar-refractivity contribution in [2.75, 3.05) is 0 Å². The Balaban J connectivity index is 0.953. The van der Waals surface area contributed by atoms with Crippen LogP contribution < -0.4 is 0 Å². The highest BCUT2D eigenvalue weighted by Crippen LogP contribution is 2.61. The average Bonchev–Trinajstić information content (AvgIpc) is 4.32. The van der Waals surface area contributed by atoms with Gasteiger partial charge < -0.3 is 0 Å². The normalized spacial score (nSPS) is 12.5. The molecule has 0 fully saturated rings. The summed E-state index contributed by atoms with van der Waals surface area (Å²) in [7, 11) is 0. The highest BCUT2D eigenvalue weighted by atomic mass is 14.4. The zero-order valence-electron chi connectivity index (χ0n) is 43.4. The monoisotopic (exact) mass is 1000 g/mol. The van der Waals surface area contributed by atoms with Gasteiger partial charge in [-0.15, -0.1) is 0 Å². The quantitative estimate of drug-likeness (QED) is 0.119. The van der Waals surface area contributed by atoms with Crippen LogP contribution in [0.3, 0.4) is 0 Å².